The third-order valence-corrected chi connectivity index (χ3v) is 2.43. The highest BCUT2D eigenvalue weighted by Crippen LogP contribution is 2.18. The van der Waals surface area contributed by atoms with Crippen LogP contribution in [-0.4, -0.2) is 23.5 Å². The van der Waals surface area contributed by atoms with Crippen LogP contribution in [0.1, 0.15) is 17.5 Å². The van der Waals surface area contributed by atoms with Crippen molar-refractivity contribution in [3.63, 3.8) is 0 Å². The number of hydrogen-bond acceptors (Lipinski definition) is 3. The summed E-state index contributed by atoms with van der Waals surface area (Å²) in [4.78, 5) is 4.98. The van der Waals surface area contributed by atoms with E-state index in [9.17, 15) is 4.39 Å². The smallest absolute Gasteiger partial charge is 0.156 e. The molecule has 1 aliphatic rings. The number of hydrogen-bond donors (Lipinski definition) is 1. The van der Waals surface area contributed by atoms with E-state index in [1.165, 1.54) is 6.07 Å². The molecule has 0 aliphatic carbocycles. The van der Waals surface area contributed by atoms with E-state index in [1.54, 1.807) is 19.1 Å². The fraction of sp³-hybridized carbons (Fsp3) is 0.364. The topological polar surface area (TPSA) is 41.8 Å². The van der Waals surface area contributed by atoms with Crippen LogP contribution < -0.4 is 0 Å². The van der Waals surface area contributed by atoms with Gasteiger partial charge in [-0.15, -0.1) is 0 Å². The van der Waals surface area contributed by atoms with Crippen LogP contribution in [0.3, 0.4) is 0 Å². The van der Waals surface area contributed by atoms with Gasteiger partial charge in [0.2, 0.25) is 0 Å². The van der Waals surface area contributed by atoms with E-state index in [0.29, 0.717) is 12.0 Å². The first-order valence-corrected chi connectivity index (χ1v) is 4.81. The van der Waals surface area contributed by atoms with Gasteiger partial charge in [-0.05, 0) is 30.2 Å². The molecule has 0 aromatic heterocycles. The number of aliphatic hydroxyl groups excluding tert-OH is 1. The molecule has 1 aromatic carbocycles. The molecule has 3 nitrogen and oxygen atoms in total. The third-order valence-electron chi connectivity index (χ3n) is 2.43. The quantitative estimate of drug-likeness (QED) is 0.804. The Bertz CT molecular complexity index is 404. The molecule has 0 saturated carbocycles. The average molecular weight is 209 g/mol. The van der Waals surface area contributed by atoms with Crippen molar-refractivity contribution in [3.05, 3.63) is 35.1 Å². The monoisotopic (exact) mass is 209 g/mol. The first kappa shape index (κ1) is 10.1. The number of aliphatic hydroxyl groups is 1. The second-order valence-electron chi connectivity index (χ2n) is 3.62. The molecule has 0 radical (unpaired) electrons. The standard InChI is InChI=1S/C11H12FNO2/c1-7-4-8(2-3-10(7)12)11-5-9(6-14)15-13-11/h2-4,9,14H,5-6H2,1H3. The fourth-order valence-corrected chi connectivity index (χ4v) is 1.52. The van der Waals surface area contributed by atoms with E-state index in [-0.39, 0.29) is 18.5 Å². The highest BCUT2D eigenvalue weighted by Gasteiger charge is 2.21. The van der Waals surface area contributed by atoms with Crippen molar-refractivity contribution in [1.29, 1.82) is 0 Å². The van der Waals surface area contributed by atoms with E-state index in [0.717, 1.165) is 11.3 Å². The van der Waals surface area contributed by atoms with Crippen LogP contribution in [0.25, 0.3) is 0 Å². The molecule has 0 saturated heterocycles. The number of oxime groups is 1. The Labute approximate surface area is 87.2 Å². The van der Waals surface area contributed by atoms with Crippen molar-refractivity contribution >= 4 is 5.71 Å². The molecule has 1 unspecified atom stereocenters. The molecular weight excluding hydrogens is 197 g/mol. The summed E-state index contributed by atoms with van der Waals surface area (Å²) in [6, 6.07) is 4.82. The fourth-order valence-electron chi connectivity index (χ4n) is 1.52. The van der Waals surface area contributed by atoms with Crippen LogP contribution in [0.5, 0.6) is 0 Å². The van der Waals surface area contributed by atoms with Crippen LogP contribution in [-0.2, 0) is 4.84 Å². The second kappa shape index (κ2) is 3.98. The molecule has 1 N–H and O–H groups in total. The summed E-state index contributed by atoms with van der Waals surface area (Å²) in [5, 5.41) is 12.7. The van der Waals surface area contributed by atoms with Crippen LogP contribution in [0, 0.1) is 12.7 Å². The molecular formula is C11H12FNO2. The van der Waals surface area contributed by atoms with Crippen molar-refractivity contribution < 1.29 is 14.3 Å². The first-order valence-electron chi connectivity index (χ1n) is 4.81. The molecule has 0 bridgehead atoms. The van der Waals surface area contributed by atoms with Gasteiger partial charge in [-0.25, -0.2) is 4.39 Å². The minimum Gasteiger partial charge on any atom is -0.392 e. The zero-order chi connectivity index (χ0) is 10.8. The maximum absolute atomic E-state index is 13.0. The van der Waals surface area contributed by atoms with Crippen molar-refractivity contribution in [2.75, 3.05) is 6.61 Å². The normalized spacial score (nSPS) is 19.9. The zero-order valence-electron chi connectivity index (χ0n) is 8.40. The molecule has 4 heteroatoms. The van der Waals surface area contributed by atoms with Crippen molar-refractivity contribution in [2.45, 2.75) is 19.4 Å². The molecule has 0 fully saturated rings. The molecule has 0 spiro atoms. The number of rotatable bonds is 2. The summed E-state index contributed by atoms with van der Waals surface area (Å²) in [5.74, 6) is -0.225. The average Bonchev–Trinajstić information content (AvgIpc) is 2.70. The number of nitrogens with zero attached hydrogens (tertiary/aromatic N) is 1. The van der Waals surface area contributed by atoms with E-state index in [1.807, 2.05) is 0 Å². The maximum Gasteiger partial charge on any atom is 0.156 e. The number of halogens is 1. The van der Waals surface area contributed by atoms with Gasteiger partial charge in [0.25, 0.3) is 0 Å². The lowest BCUT2D eigenvalue weighted by Crippen LogP contribution is -2.12. The van der Waals surface area contributed by atoms with Crippen molar-refractivity contribution in [2.24, 2.45) is 5.16 Å². The van der Waals surface area contributed by atoms with Crippen LogP contribution in [0.4, 0.5) is 4.39 Å². The predicted octanol–water partition coefficient (Wildman–Crippen LogP) is 1.62. The molecule has 15 heavy (non-hydrogen) atoms. The van der Waals surface area contributed by atoms with Crippen LogP contribution in [0.2, 0.25) is 0 Å². The van der Waals surface area contributed by atoms with Crippen molar-refractivity contribution in [1.82, 2.24) is 0 Å². The van der Waals surface area contributed by atoms with Gasteiger partial charge in [0.05, 0.1) is 12.3 Å². The van der Waals surface area contributed by atoms with Gasteiger partial charge >= 0.3 is 0 Å². The minimum atomic E-state index is -0.259. The first-order chi connectivity index (χ1) is 7.20. The highest BCUT2D eigenvalue weighted by atomic mass is 19.1. The Hall–Kier alpha value is -1.42. The van der Waals surface area contributed by atoms with Crippen LogP contribution in [0.15, 0.2) is 23.4 Å². The molecule has 1 aromatic rings. The Kier molecular flexibility index (Phi) is 2.68. The summed E-state index contributed by atoms with van der Waals surface area (Å²) in [6.07, 6.45) is 0.312. The predicted molar refractivity (Wildman–Crippen MR) is 54.2 cm³/mol. The lowest BCUT2D eigenvalue weighted by Gasteiger charge is -2.03. The van der Waals surface area contributed by atoms with Gasteiger partial charge in [-0.1, -0.05) is 11.2 Å². The Balaban J connectivity index is 2.21. The minimum absolute atomic E-state index is 0.0484. The van der Waals surface area contributed by atoms with Gasteiger partial charge in [0, 0.05) is 6.42 Å². The lowest BCUT2D eigenvalue weighted by molar-refractivity contribution is 0.0390. The molecule has 1 heterocycles. The van der Waals surface area contributed by atoms with Gasteiger partial charge in [-0.3, -0.25) is 0 Å². The zero-order valence-corrected chi connectivity index (χ0v) is 8.40. The second-order valence-corrected chi connectivity index (χ2v) is 3.62. The molecule has 1 atom stereocenters. The van der Waals surface area contributed by atoms with E-state index < -0.39 is 0 Å². The summed E-state index contributed by atoms with van der Waals surface area (Å²) < 4.78 is 13.0. The van der Waals surface area contributed by atoms with Gasteiger partial charge in [-0.2, -0.15) is 0 Å². The van der Waals surface area contributed by atoms with Crippen molar-refractivity contribution in [3.8, 4) is 0 Å². The third kappa shape index (κ3) is 1.99. The highest BCUT2D eigenvalue weighted by molar-refractivity contribution is 6.01. The van der Waals surface area contributed by atoms with Gasteiger partial charge < -0.3 is 9.94 Å². The summed E-state index contributed by atoms with van der Waals surface area (Å²) in [7, 11) is 0. The Morgan fingerprint density at radius 3 is 3.00 bits per heavy atom. The van der Waals surface area contributed by atoms with E-state index >= 15 is 0 Å². The SMILES string of the molecule is Cc1cc(C2=NOC(CO)C2)ccc1F. The molecule has 2 rings (SSSR count). The summed E-state index contributed by atoms with van der Waals surface area (Å²) >= 11 is 0. The largest absolute Gasteiger partial charge is 0.392 e. The lowest BCUT2D eigenvalue weighted by atomic mass is 10.0. The molecule has 0 amide bonds. The van der Waals surface area contributed by atoms with Crippen LogP contribution >= 0.6 is 0 Å². The Morgan fingerprint density at radius 1 is 1.60 bits per heavy atom. The van der Waals surface area contributed by atoms with Gasteiger partial charge in [0.1, 0.15) is 5.82 Å². The molecule has 1 aliphatic heterocycles. The summed E-state index contributed by atoms with van der Waals surface area (Å²) in [6.45, 7) is 1.66. The Morgan fingerprint density at radius 2 is 2.40 bits per heavy atom. The van der Waals surface area contributed by atoms with E-state index in [2.05, 4.69) is 5.16 Å². The summed E-state index contributed by atoms with van der Waals surface area (Å²) in [5.41, 5.74) is 2.20. The van der Waals surface area contributed by atoms with Gasteiger partial charge in [0.15, 0.2) is 6.10 Å². The number of benzene rings is 1. The maximum atomic E-state index is 13.0. The van der Waals surface area contributed by atoms with E-state index in [4.69, 9.17) is 9.94 Å². The number of aryl methyl sites for hydroxylation is 1. The molecule has 80 valence electrons.